The molecular formula is C16H20N2OS. The zero-order valence-corrected chi connectivity index (χ0v) is 12.7. The highest BCUT2D eigenvalue weighted by atomic mass is 32.1. The summed E-state index contributed by atoms with van der Waals surface area (Å²) in [6.45, 7) is 5.14. The first-order chi connectivity index (χ1) is 9.76. The predicted octanol–water partition coefficient (Wildman–Crippen LogP) is 2.98. The summed E-state index contributed by atoms with van der Waals surface area (Å²) in [5, 5.41) is 6.86. The Kier molecular flexibility index (Phi) is 4.03. The quantitative estimate of drug-likeness (QED) is 0.918. The van der Waals surface area contributed by atoms with E-state index in [1.54, 1.807) is 11.3 Å². The molecule has 3 rings (SSSR count). The number of benzene rings is 1. The lowest BCUT2D eigenvalue weighted by Gasteiger charge is -2.23. The van der Waals surface area contributed by atoms with E-state index >= 15 is 0 Å². The molecule has 0 saturated heterocycles. The summed E-state index contributed by atoms with van der Waals surface area (Å²) in [7, 11) is 0. The van der Waals surface area contributed by atoms with Gasteiger partial charge in [0.1, 0.15) is 11.9 Å². The molecule has 4 heteroatoms. The number of hydrogen-bond acceptors (Lipinski definition) is 4. The van der Waals surface area contributed by atoms with E-state index in [9.17, 15) is 0 Å². The number of thiazole rings is 1. The first-order valence-electron chi connectivity index (χ1n) is 7.15. The Morgan fingerprint density at radius 3 is 3.00 bits per heavy atom. The van der Waals surface area contributed by atoms with Gasteiger partial charge in [0.2, 0.25) is 0 Å². The molecule has 2 atom stereocenters. The van der Waals surface area contributed by atoms with E-state index < -0.39 is 0 Å². The van der Waals surface area contributed by atoms with Gasteiger partial charge in [-0.05, 0) is 25.1 Å². The molecule has 0 saturated carbocycles. The molecule has 1 aromatic heterocycles. The molecule has 2 aromatic rings. The molecule has 1 N–H and O–H groups in total. The number of nitrogens with one attached hydrogen (secondary N) is 1. The van der Waals surface area contributed by atoms with Crippen LogP contribution >= 0.6 is 11.3 Å². The second-order valence-corrected chi connectivity index (χ2v) is 6.16. The standard InChI is InChI=1S/C16H20N2OS/c1-3-17-13(9-16-18-11(2)10-20-16)15-8-12-6-4-5-7-14(12)19-15/h4-7,10,13,15,17H,3,8-9H2,1-2H3. The number of aromatic nitrogens is 1. The summed E-state index contributed by atoms with van der Waals surface area (Å²) >= 11 is 1.74. The fourth-order valence-corrected chi connectivity index (χ4v) is 3.55. The number of ether oxygens (including phenoxy) is 1. The van der Waals surface area contributed by atoms with Crippen LogP contribution in [0.25, 0.3) is 0 Å². The van der Waals surface area contributed by atoms with Crippen molar-refractivity contribution in [3.63, 3.8) is 0 Å². The number of rotatable bonds is 5. The predicted molar refractivity (Wildman–Crippen MR) is 82.6 cm³/mol. The van der Waals surface area contributed by atoms with Gasteiger partial charge < -0.3 is 10.1 Å². The van der Waals surface area contributed by atoms with Gasteiger partial charge in [0, 0.05) is 23.9 Å². The molecule has 106 valence electrons. The minimum Gasteiger partial charge on any atom is -0.488 e. The number of para-hydroxylation sites is 1. The molecular weight excluding hydrogens is 268 g/mol. The van der Waals surface area contributed by atoms with Crippen LogP contribution in [0.15, 0.2) is 29.6 Å². The smallest absolute Gasteiger partial charge is 0.123 e. The van der Waals surface area contributed by atoms with Crippen molar-refractivity contribution in [3.8, 4) is 5.75 Å². The van der Waals surface area contributed by atoms with E-state index in [2.05, 4.69) is 40.8 Å². The van der Waals surface area contributed by atoms with Crippen molar-refractivity contribution in [3.05, 3.63) is 45.9 Å². The summed E-state index contributed by atoms with van der Waals surface area (Å²) in [6, 6.07) is 8.65. The third-order valence-corrected chi connectivity index (χ3v) is 4.64. The Bertz CT molecular complexity index is 556. The molecule has 0 fully saturated rings. The Morgan fingerprint density at radius 2 is 2.30 bits per heavy atom. The van der Waals surface area contributed by atoms with Crippen molar-refractivity contribution in [2.45, 2.75) is 38.8 Å². The fourth-order valence-electron chi connectivity index (χ4n) is 2.72. The van der Waals surface area contributed by atoms with Crippen LogP contribution in [0.5, 0.6) is 5.75 Å². The summed E-state index contributed by atoms with van der Waals surface area (Å²) in [5.41, 5.74) is 2.42. The van der Waals surface area contributed by atoms with E-state index in [1.165, 1.54) is 10.6 Å². The van der Waals surface area contributed by atoms with Crippen molar-refractivity contribution in [1.29, 1.82) is 0 Å². The molecule has 2 unspecified atom stereocenters. The number of aryl methyl sites for hydroxylation is 1. The lowest BCUT2D eigenvalue weighted by molar-refractivity contribution is 0.178. The van der Waals surface area contributed by atoms with E-state index in [0.717, 1.165) is 30.8 Å². The minimum absolute atomic E-state index is 0.205. The summed E-state index contributed by atoms with van der Waals surface area (Å²) < 4.78 is 6.11. The third kappa shape index (κ3) is 2.86. The first kappa shape index (κ1) is 13.6. The van der Waals surface area contributed by atoms with Gasteiger partial charge in [-0.3, -0.25) is 0 Å². The lowest BCUT2D eigenvalue weighted by atomic mass is 10.0. The van der Waals surface area contributed by atoms with Crippen LogP contribution < -0.4 is 10.1 Å². The monoisotopic (exact) mass is 288 g/mol. The van der Waals surface area contributed by atoms with E-state index in [0.29, 0.717) is 6.04 Å². The van der Waals surface area contributed by atoms with Crippen molar-refractivity contribution < 1.29 is 4.74 Å². The molecule has 20 heavy (non-hydrogen) atoms. The zero-order chi connectivity index (χ0) is 13.9. The molecule has 2 heterocycles. The average Bonchev–Trinajstić information content (AvgIpc) is 3.04. The summed E-state index contributed by atoms with van der Waals surface area (Å²) in [5.74, 6) is 1.04. The van der Waals surface area contributed by atoms with Crippen molar-refractivity contribution in [1.82, 2.24) is 10.3 Å². The van der Waals surface area contributed by atoms with E-state index in [4.69, 9.17) is 4.74 Å². The molecule has 0 radical (unpaired) electrons. The maximum absolute atomic E-state index is 6.11. The highest BCUT2D eigenvalue weighted by Crippen LogP contribution is 2.30. The van der Waals surface area contributed by atoms with Gasteiger partial charge in [0.05, 0.1) is 11.0 Å². The van der Waals surface area contributed by atoms with E-state index in [-0.39, 0.29) is 6.10 Å². The van der Waals surface area contributed by atoms with Gasteiger partial charge in [-0.2, -0.15) is 0 Å². The third-order valence-electron chi connectivity index (χ3n) is 3.65. The Balaban J connectivity index is 1.72. The van der Waals surface area contributed by atoms with Crippen LogP contribution in [0, 0.1) is 6.92 Å². The molecule has 1 aliphatic rings. The average molecular weight is 288 g/mol. The van der Waals surface area contributed by atoms with Crippen LogP contribution in [-0.2, 0) is 12.8 Å². The maximum Gasteiger partial charge on any atom is 0.123 e. The van der Waals surface area contributed by atoms with Gasteiger partial charge in [-0.1, -0.05) is 25.1 Å². The first-order valence-corrected chi connectivity index (χ1v) is 8.03. The maximum atomic E-state index is 6.11. The van der Waals surface area contributed by atoms with Crippen LogP contribution in [0.3, 0.4) is 0 Å². The number of likely N-dealkylation sites (N-methyl/N-ethyl adjacent to an activating group) is 1. The second kappa shape index (κ2) is 5.94. The SMILES string of the molecule is CCNC(Cc1nc(C)cs1)C1Cc2ccccc2O1. The molecule has 0 amide bonds. The zero-order valence-electron chi connectivity index (χ0n) is 11.9. The molecule has 1 aromatic carbocycles. The molecule has 3 nitrogen and oxygen atoms in total. The van der Waals surface area contributed by atoms with Gasteiger partial charge in [0.25, 0.3) is 0 Å². The van der Waals surface area contributed by atoms with Gasteiger partial charge in [-0.25, -0.2) is 4.98 Å². The van der Waals surface area contributed by atoms with Crippen molar-refractivity contribution in [2.24, 2.45) is 0 Å². The fraction of sp³-hybridized carbons (Fsp3) is 0.438. The van der Waals surface area contributed by atoms with Crippen LogP contribution in [0.4, 0.5) is 0 Å². The number of hydrogen-bond donors (Lipinski definition) is 1. The number of fused-ring (bicyclic) bond motifs is 1. The van der Waals surface area contributed by atoms with Crippen molar-refractivity contribution >= 4 is 11.3 Å². The van der Waals surface area contributed by atoms with Gasteiger partial charge >= 0.3 is 0 Å². The highest BCUT2D eigenvalue weighted by Gasteiger charge is 2.30. The summed E-state index contributed by atoms with van der Waals surface area (Å²) in [6.07, 6.45) is 2.12. The Hall–Kier alpha value is -1.39. The van der Waals surface area contributed by atoms with Crippen LogP contribution in [0.1, 0.15) is 23.2 Å². The second-order valence-electron chi connectivity index (χ2n) is 5.22. The molecule has 0 spiro atoms. The Labute approximate surface area is 124 Å². The van der Waals surface area contributed by atoms with Crippen LogP contribution in [0.2, 0.25) is 0 Å². The highest BCUT2D eigenvalue weighted by molar-refractivity contribution is 7.09. The van der Waals surface area contributed by atoms with Crippen molar-refractivity contribution in [2.75, 3.05) is 6.54 Å². The van der Waals surface area contributed by atoms with Gasteiger partial charge in [0.15, 0.2) is 0 Å². The molecule has 0 bridgehead atoms. The van der Waals surface area contributed by atoms with E-state index in [1.807, 2.05) is 13.0 Å². The molecule has 1 aliphatic heterocycles. The topological polar surface area (TPSA) is 34.2 Å². The molecule has 0 aliphatic carbocycles. The van der Waals surface area contributed by atoms with Crippen LogP contribution in [-0.4, -0.2) is 23.7 Å². The largest absolute Gasteiger partial charge is 0.488 e. The summed E-state index contributed by atoms with van der Waals surface area (Å²) in [4.78, 5) is 4.58. The lowest BCUT2D eigenvalue weighted by Crippen LogP contribution is -2.44. The number of nitrogens with zero attached hydrogens (tertiary/aromatic N) is 1. The van der Waals surface area contributed by atoms with Gasteiger partial charge in [-0.15, -0.1) is 11.3 Å². The normalized spacial score (nSPS) is 18.6. The Morgan fingerprint density at radius 1 is 1.45 bits per heavy atom. The minimum atomic E-state index is 0.205.